The largest absolute Gasteiger partial charge is 0.366 e. The smallest absolute Gasteiger partial charge is 0.241 e. The third-order valence-electron chi connectivity index (χ3n) is 1.49. The van der Waals surface area contributed by atoms with Crippen LogP contribution in [0.5, 0.6) is 0 Å². The van der Waals surface area contributed by atoms with Crippen molar-refractivity contribution in [1.82, 2.24) is 0 Å². The van der Waals surface area contributed by atoms with Crippen molar-refractivity contribution in [3.8, 4) is 0 Å². The van der Waals surface area contributed by atoms with E-state index >= 15 is 0 Å². The molecule has 0 heterocycles. The predicted octanol–water partition coefficient (Wildman–Crippen LogP) is 2.12. The van der Waals surface area contributed by atoms with Crippen molar-refractivity contribution < 1.29 is 13.6 Å². The third kappa shape index (κ3) is 2.29. The molecule has 0 spiro atoms. The Kier molecular flexibility index (Phi) is 3.19. The number of primary amides is 1. The summed E-state index contributed by atoms with van der Waals surface area (Å²) in [5.41, 5.74) is 4.81. The van der Waals surface area contributed by atoms with E-state index in [0.29, 0.717) is 0 Å². The van der Waals surface area contributed by atoms with Gasteiger partial charge in [-0.05, 0) is 18.2 Å². The molecule has 0 atom stereocenters. The van der Waals surface area contributed by atoms with Crippen molar-refractivity contribution in [2.45, 2.75) is 0 Å². The quantitative estimate of drug-likeness (QED) is 0.599. The molecule has 14 heavy (non-hydrogen) atoms. The van der Waals surface area contributed by atoms with Crippen LogP contribution in [-0.4, -0.2) is 5.91 Å². The molecule has 1 aromatic rings. The highest BCUT2D eigenvalue weighted by molar-refractivity contribution is 6.31. The highest BCUT2D eigenvalue weighted by Gasteiger charge is 2.09. The fraction of sp³-hybridized carbons (Fsp3) is 0. The van der Waals surface area contributed by atoms with Crippen LogP contribution in [0.4, 0.5) is 8.78 Å². The zero-order chi connectivity index (χ0) is 10.7. The van der Waals surface area contributed by atoms with Gasteiger partial charge >= 0.3 is 0 Å². The van der Waals surface area contributed by atoms with Crippen molar-refractivity contribution in [2.24, 2.45) is 5.73 Å². The molecule has 0 unspecified atom stereocenters. The minimum Gasteiger partial charge on any atom is -0.366 e. The van der Waals surface area contributed by atoms with Crippen LogP contribution in [0.25, 0.3) is 6.08 Å². The first-order valence-electron chi connectivity index (χ1n) is 3.63. The van der Waals surface area contributed by atoms with E-state index in [4.69, 9.17) is 17.3 Å². The van der Waals surface area contributed by atoms with Crippen LogP contribution in [0.2, 0.25) is 5.02 Å². The molecule has 0 aromatic heterocycles. The summed E-state index contributed by atoms with van der Waals surface area (Å²) in [6.45, 7) is 0. The van der Waals surface area contributed by atoms with Crippen molar-refractivity contribution in [3.05, 3.63) is 40.4 Å². The third-order valence-corrected chi connectivity index (χ3v) is 1.84. The molecule has 0 bridgehead atoms. The Labute approximate surface area is 84.0 Å². The Morgan fingerprint density at radius 2 is 2.07 bits per heavy atom. The fourth-order valence-electron chi connectivity index (χ4n) is 0.841. The molecule has 5 heteroatoms. The molecule has 0 saturated carbocycles. The number of hydrogen-bond acceptors (Lipinski definition) is 1. The number of hydrogen-bond donors (Lipinski definition) is 1. The Hall–Kier alpha value is -1.42. The molecule has 1 aromatic carbocycles. The number of carbonyl (C=O) groups excluding carboxylic acids is 1. The zero-order valence-electron chi connectivity index (χ0n) is 6.93. The molecule has 2 nitrogen and oxygen atoms in total. The molecule has 0 radical (unpaired) electrons. The summed E-state index contributed by atoms with van der Waals surface area (Å²) < 4.78 is 25.8. The normalized spacial score (nSPS) is 10.8. The van der Waals surface area contributed by atoms with Gasteiger partial charge in [-0.25, -0.2) is 8.78 Å². The molecule has 2 N–H and O–H groups in total. The minimum absolute atomic E-state index is 0.00944. The molecule has 0 aliphatic heterocycles. The number of halogens is 3. The molecule has 1 amide bonds. The van der Waals surface area contributed by atoms with Gasteiger partial charge in [-0.1, -0.05) is 11.6 Å². The van der Waals surface area contributed by atoms with E-state index < -0.39 is 22.6 Å². The SMILES string of the molecule is NC(=O)/C=C/c1ccc(F)c(Cl)c1F. The van der Waals surface area contributed by atoms with Gasteiger partial charge in [0.05, 0.1) is 0 Å². The lowest BCUT2D eigenvalue weighted by Gasteiger charge is -1.99. The van der Waals surface area contributed by atoms with Crippen molar-refractivity contribution in [3.63, 3.8) is 0 Å². The molecular formula is C9H6ClF2NO. The number of nitrogens with two attached hydrogens (primary N) is 1. The van der Waals surface area contributed by atoms with Crippen molar-refractivity contribution in [2.75, 3.05) is 0 Å². The van der Waals surface area contributed by atoms with Crippen LogP contribution >= 0.6 is 11.6 Å². The Balaban J connectivity index is 3.12. The highest BCUT2D eigenvalue weighted by atomic mass is 35.5. The standard InChI is InChI=1S/C9H6ClF2NO/c10-8-6(11)3-1-5(9(8)12)2-4-7(13)14/h1-4H,(H2,13,14)/b4-2+. The van der Waals surface area contributed by atoms with Gasteiger partial charge in [0, 0.05) is 11.6 Å². The molecule has 0 saturated heterocycles. The van der Waals surface area contributed by atoms with Gasteiger partial charge in [-0.3, -0.25) is 4.79 Å². The zero-order valence-corrected chi connectivity index (χ0v) is 7.68. The average molecular weight is 218 g/mol. The highest BCUT2D eigenvalue weighted by Crippen LogP contribution is 2.22. The molecule has 74 valence electrons. The molecular weight excluding hydrogens is 212 g/mol. The van der Waals surface area contributed by atoms with Crippen molar-refractivity contribution in [1.29, 1.82) is 0 Å². The van der Waals surface area contributed by atoms with Crippen LogP contribution in [0.1, 0.15) is 5.56 Å². The number of rotatable bonds is 2. The van der Waals surface area contributed by atoms with E-state index in [0.717, 1.165) is 24.3 Å². The lowest BCUT2D eigenvalue weighted by Crippen LogP contribution is -2.05. The number of benzene rings is 1. The predicted molar refractivity (Wildman–Crippen MR) is 49.6 cm³/mol. The maximum absolute atomic E-state index is 13.1. The van der Waals surface area contributed by atoms with Gasteiger partial charge in [0.2, 0.25) is 5.91 Å². The van der Waals surface area contributed by atoms with Gasteiger partial charge in [0.15, 0.2) is 5.82 Å². The average Bonchev–Trinajstić information content (AvgIpc) is 2.13. The molecule has 0 fully saturated rings. The van der Waals surface area contributed by atoms with Gasteiger partial charge in [0.1, 0.15) is 10.8 Å². The van der Waals surface area contributed by atoms with E-state index in [1.165, 1.54) is 0 Å². The van der Waals surface area contributed by atoms with Crippen LogP contribution in [-0.2, 0) is 4.79 Å². The van der Waals surface area contributed by atoms with Crippen LogP contribution in [0, 0.1) is 11.6 Å². The van der Waals surface area contributed by atoms with Gasteiger partial charge in [0.25, 0.3) is 0 Å². The van der Waals surface area contributed by atoms with E-state index in [1.54, 1.807) is 0 Å². The van der Waals surface area contributed by atoms with Crippen molar-refractivity contribution >= 4 is 23.6 Å². The molecule has 1 rings (SSSR count). The molecule has 0 aliphatic rings. The Morgan fingerprint density at radius 1 is 1.43 bits per heavy atom. The first-order chi connectivity index (χ1) is 6.52. The van der Waals surface area contributed by atoms with Crippen LogP contribution < -0.4 is 5.73 Å². The van der Waals surface area contributed by atoms with Crippen LogP contribution in [0.15, 0.2) is 18.2 Å². The topological polar surface area (TPSA) is 43.1 Å². The first-order valence-corrected chi connectivity index (χ1v) is 4.01. The lowest BCUT2D eigenvalue weighted by molar-refractivity contribution is -0.113. The number of carbonyl (C=O) groups is 1. The second-order valence-corrected chi connectivity index (χ2v) is 2.88. The van der Waals surface area contributed by atoms with E-state index in [-0.39, 0.29) is 5.56 Å². The molecule has 0 aliphatic carbocycles. The first kappa shape index (κ1) is 10.7. The summed E-state index contributed by atoms with van der Waals surface area (Å²) in [6, 6.07) is 2.17. The lowest BCUT2D eigenvalue weighted by atomic mass is 10.2. The van der Waals surface area contributed by atoms with E-state index in [1.807, 2.05) is 0 Å². The second-order valence-electron chi connectivity index (χ2n) is 2.50. The minimum atomic E-state index is -0.913. The van der Waals surface area contributed by atoms with E-state index in [2.05, 4.69) is 0 Å². The van der Waals surface area contributed by atoms with Crippen LogP contribution in [0.3, 0.4) is 0 Å². The van der Waals surface area contributed by atoms with Gasteiger partial charge in [-0.2, -0.15) is 0 Å². The number of amides is 1. The summed E-state index contributed by atoms with van der Waals surface area (Å²) >= 11 is 5.30. The summed E-state index contributed by atoms with van der Waals surface area (Å²) in [4.78, 5) is 10.3. The fourth-order valence-corrected chi connectivity index (χ4v) is 1.01. The summed E-state index contributed by atoms with van der Waals surface area (Å²) in [6.07, 6.45) is 2.09. The Morgan fingerprint density at radius 3 is 2.64 bits per heavy atom. The Bertz CT molecular complexity index is 404. The monoisotopic (exact) mass is 217 g/mol. The summed E-state index contributed by atoms with van der Waals surface area (Å²) in [5, 5.41) is -0.600. The van der Waals surface area contributed by atoms with E-state index in [9.17, 15) is 13.6 Å². The maximum Gasteiger partial charge on any atom is 0.241 e. The summed E-state index contributed by atoms with van der Waals surface area (Å²) in [7, 11) is 0. The van der Waals surface area contributed by atoms with Gasteiger partial charge < -0.3 is 5.73 Å². The second kappa shape index (κ2) is 4.19. The van der Waals surface area contributed by atoms with Gasteiger partial charge in [-0.15, -0.1) is 0 Å². The maximum atomic E-state index is 13.1. The summed E-state index contributed by atoms with van der Waals surface area (Å²) in [5.74, 6) is -2.48.